The molecule has 4 saturated carbocycles. The molecule has 1 aromatic heterocycles. The third-order valence-corrected chi connectivity index (χ3v) is 9.38. The summed E-state index contributed by atoms with van der Waals surface area (Å²) in [7, 11) is 2.13. The molecule has 2 amide bonds. The molecule has 1 atom stereocenters. The molecule has 0 spiro atoms. The van der Waals surface area contributed by atoms with E-state index >= 15 is 0 Å². The second-order valence-electron chi connectivity index (χ2n) is 10.5. The Kier molecular flexibility index (Phi) is 4.78. The number of nitrogens with one attached hydrogen (secondary N) is 1. The van der Waals surface area contributed by atoms with Gasteiger partial charge in [0, 0.05) is 10.4 Å². The zero-order valence-electron chi connectivity index (χ0n) is 17.6. The van der Waals surface area contributed by atoms with Gasteiger partial charge in [-0.25, -0.2) is 0 Å². The minimum absolute atomic E-state index is 0.0163. The number of rotatable bonds is 5. The molecular formula is C23H33N3O2S. The highest BCUT2D eigenvalue weighted by molar-refractivity contribution is 7.17. The average Bonchev–Trinajstić information content (AvgIpc) is 2.97. The van der Waals surface area contributed by atoms with Crippen LogP contribution in [0.4, 0.5) is 5.00 Å². The topological polar surface area (TPSA) is 75.4 Å². The summed E-state index contributed by atoms with van der Waals surface area (Å²) in [5, 5.41) is 3.73. The number of carbonyl (C=O) groups is 2. The van der Waals surface area contributed by atoms with Crippen LogP contribution < -0.4 is 11.1 Å². The number of hydrogen-bond acceptors (Lipinski definition) is 4. The van der Waals surface area contributed by atoms with Crippen LogP contribution in [0.15, 0.2) is 0 Å². The first kappa shape index (κ1) is 19.6. The highest BCUT2D eigenvalue weighted by Gasteiger charge is 2.52. The van der Waals surface area contributed by atoms with Gasteiger partial charge in [-0.1, -0.05) is 6.92 Å². The van der Waals surface area contributed by atoms with E-state index in [9.17, 15) is 9.59 Å². The number of carbonyl (C=O) groups excluding carboxylic acids is 2. The second kappa shape index (κ2) is 7.09. The van der Waals surface area contributed by atoms with Crippen LogP contribution in [-0.2, 0) is 17.6 Å². The van der Waals surface area contributed by atoms with Crippen molar-refractivity contribution in [2.24, 2.45) is 29.4 Å². The minimum Gasteiger partial charge on any atom is -0.365 e. The molecule has 6 rings (SSSR count). The Labute approximate surface area is 177 Å². The third-order valence-electron chi connectivity index (χ3n) is 8.21. The first-order chi connectivity index (χ1) is 13.8. The molecule has 0 aromatic carbocycles. The van der Waals surface area contributed by atoms with Gasteiger partial charge >= 0.3 is 0 Å². The maximum absolute atomic E-state index is 13.0. The fraction of sp³-hybridized carbons (Fsp3) is 0.739. The smallest absolute Gasteiger partial charge is 0.251 e. The average molecular weight is 416 g/mol. The van der Waals surface area contributed by atoms with E-state index in [1.807, 2.05) is 0 Å². The van der Waals surface area contributed by atoms with Gasteiger partial charge in [0.05, 0.1) is 12.1 Å². The Morgan fingerprint density at radius 3 is 2.38 bits per heavy atom. The zero-order valence-corrected chi connectivity index (χ0v) is 18.4. The molecule has 6 heteroatoms. The Balaban J connectivity index is 1.31. The van der Waals surface area contributed by atoms with Crippen molar-refractivity contribution >= 4 is 28.2 Å². The number of fused-ring (bicyclic) bond motifs is 1. The predicted molar refractivity (Wildman–Crippen MR) is 116 cm³/mol. The Morgan fingerprint density at radius 2 is 1.79 bits per heavy atom. The van der Waals surface area contributed by atoms with E-state index < -0.39 is 5.91 Å². The minimum atomic E-state index is -0.415. The summed E-state index contributed by atoms with van der Waals surface area (Å²) in [6.07, 6.45) is 10.9. The van der Waals surface area contributed by atoms with E-state index in [0.29, 0.717) is 23.0 Å². The SMILES string of the molecule is CC1CCc2c(sc(NC(=O)CN(C)C34CC5CC(CC(C5)C3)C4)c2C(N)=O)C1. The summed E-state index contributed by atoms with van der Waals surface area (Å²) < 4.78 is 0. The van der Waals surface area contributed by atoms with E-state index in [1.165, 1.54) is 43.4 Å². The van der Waals surface area contributed by atoms with Crippen molar-refractivity contribution in [1.29, 1.82) is 0 Å². The number of nitrogens with two attached hydrogens (primary N) is 1. The number of amides is 2. The van der Waals surface area contributed by atoms with Gasteiger partial charge in [0.15, 0.2) is 0 Å². The second-order valence-corrected chi connectivity index (χ2v) is 11.6. The molecule has 4 fully saturated rings. The number of anilines is 1. The van der Waals surface area contributed by atoms with Crippen LogP contribution in [-0.4, -0.2) is 35.8 Å². The number of hydrogen-bond donors (Lipinski definition) is 2. The van der Waals surface area contributed by atoms with Gasteiger partial charge in [0.1, 0.15) is 5.00 Å². The van der Waals surface area contributed by atoms with Crippen molar-refractivity contribution in [2.75, 3.05) is 18.9 Å². The van der Waals surface area contributed by atoms with Gasteiger partial charge < -0.3 is 11.1 Å². The first-order valence-electron chi connectivity index (χ1n) is 11.3. The molecule has 1 aromatic rings. The summed E-state index contributed by atoms with van der Waals surface area (Å²) in [6.45, 7) is 2.63. The van der Waals surface area contributed by atoms with Crippen LogP contribution >= 0.6 is 11.3 Å². The summed E-state index contributed by atoms with van der Waals surface area (Å²) in [5.74, 6) is 2.77. The summed E-state index contributed by atoms with van der Waals surface area (Å²) in [6, 6.07) is 0. The highest BCUT2D eigenvalue weighted by Crippen LogP contribution is 2.57. The van der Waals surface area contributed by atoms with Crippen LogP contribution in [0, 0.1) is 23.7 Å². The number of primary amides is 1. The largest absolute Gasteiger partial charge is 0.365 e. The highest BCUT2D eigenvalue weighted by atomic mass is 32.1. The van der Waals surface area contributed by atoms with Crippen molar-refractivity contribution in [2.45, 2.75) is 70.3 Å². The quantitative estimate of drug-likeness (QED) is 0.768. The lowest BCUT2D eigenvalue weighted by Gasteiger charge is -2.59. The lowest BCUT2D eigenvalue weighted by atomic mass is 9.52. The third kappa shape index (κ3) is 3.42. The summed E-state index contributed by atoms with van der Waals surface area (Å²) in [5.41, 5.74) is 7.55. The standard InChI is InChI=1S/C23H33N3O2S/c1-13-3-4-17-18(5-13)29-22(20(17)21(24)28)25-19(27)12-26(2)23-9-14-6-15(10-23)8-16(7-14)11-23/h13-16H,3-12H2,1-2H3,(H2,24,28)(H,25,27). The molecule has 5 nitrogen and oxygen atoms in total. The normalized spacial score (nSPS) is 35.0. The van der Waals surface area contributed by atoms with Crippen molar-refractivity contribution in [3.8, 4) is 0 Å². The fourth-order valence-corrected chi connectivity index (χ4v) is 8.61. The summed E-state index contributed by atoms with van der Waals surface area (Å²) >= 11 is 1.56. The maximum atomic E-state index is 13.0. The summed E-state index contributed by atoms with van der Waals surface area (Å²) in [4.78, 5) is 28.7. The molecule has 5 aliphatic rings. The van der Waals surface area contributed by atoms with Crippen molar-refractivity contribution in [3.05, 3.63) is 16.0 Å². The van der Waals surface area contributed by atoms with E-state index in [2.05, 4.69) is 24.2 Å². The lowest BCUT2D eigenvalue weighted by Crippen LogP contribution is -2.59. The van der Waals surface area contributed by atoms with Crippen molar-refractivity contribution < 1.29 is 9.59 Å². The molecule has 158 valence electrons. The molecular weight excluding hydrogens is 382 g/mol. The molecule has 29 heavy (non-hydrogen) atoms. The van der Waals surface area contributed by atoms with Gasteiger partial charge in [-0.05, 0) is 94.1 Å². The predicted octanol–water partition coefficient (Wildman–Crippen LogP) is 3.81. The van der Waals surface area contributed by atoms with Gasteiger partial charge in [-0.15, -0.1) is 11.3 Å². The molecule has 4 bridgehead atoms. The molecule has 0 radical (unpaired) electrons. The fourth-order valence-electron chi connectivity index (χ4n) is 7.18. The first-order valence-corrected chi connectivity index (χ1v) is 12.1. The van der Waals surface area contributed by atoms with Crippen LogP contribution in [0.5, 0.6) is 0 Å². The molecule has 5 aliphatic carbocycles. The molecule has 0 aliphatic heterocycles. The zero-order chi connectivity index (χ0) is 20.3. The Bertz CT molecular complexity index is 810. The Hall–Kier alpha value is -1.40. The molecule has 1 heterocycles. The van der Waals surface area contributed by atoms with Crippen LogP contribution in [0.25, 0.3) is 0 Å². The van der Waals surface area contributed by atoms with Crippen LogP contribution in [0.3, 0.4) is 0 Å². The number of likely N-dealkylation sites (N-methyl/N-ethyl adjacent to an activating group) is 1. The Morgan fingerprint density at radius 1 is 1.17 bits per heavy atom. The molecule has 1 unspecified atom stereocenters. The molecule has 0 saturated heterocycles. The van der Waals surface area contributed by atoms with Crippen LogP contribution in [0.1, 0.15) is 72.7 Å². The van der Waals surface area contributed by atoms with Crippen molar-refractivity contribution in [1.82, 2.24) is 4.90 Å². The number of nitrogens with zero attached hydrogens (tertiary/aromatic N) is 1. The van der Waals surface area contributed by atoms with Gasteiger partial charge in [-0.2, -0.15) is 0 Å². The number of thiophene rings is 1. The monoisotopic (exact) mass is 415 g/mol. The molecule has 3 N–H and O–H groups in total. The lowest BCUT2D eigenvalue weighted by molar-refractivity contribution is -0.123. The van der Waals surface area contributed by atoms with E-state index in [-0.39, 0.29) is 11.4 Å². The van der Waals surface area contributed by atoms with E-state index in [1.54, 1.807) is 11.3 Å². The van der Waals surface area contributed by atoms with Crippen LogP contribution in [0.2, 0.25) is 0 Å². The van der Waals surface area contributed by atoms with Crippen molar-refractivity contribution in [3.63, 3.8) is 0 Å². The van der Waals surface area contributed by atoms with Gasteiger partial charge in [0.25, 0.3) is 5.91 Å². The van der Waals surface area contributed by atoms with E-state index in [0.717, 1.165) is 42.6 Å². The van der Waals surface area contributed by atoms with E-state index in [4.69, 9.17) is 5.73 Å². The van der Waals surface area contributed by atoms with Gasteiger partial charge in [-0.3, -0.25) is 14.5 Å². The maximum Gasteiger partial charge on any atom is 0.251 e. The van der Waals surface area contributed by atoms with Gasteiger partial charge in [0.2, 0.25) is 5.91 Å².